The first-order valence-electron chi connectivity index (χ1n) is 7.05. The number of likely N-dealkylation sites (tertiary alicyclic amines) is 1. The van der Waals surface area contributed by atoms with Crippen molar-refractivity contribution in [3.63, 3.8) is 0 Å². The number of piperidine rings is 1. The zero-order valence-corrected chi connectivity index (χ0v) is 12.9. The van der Waals surface area contributed by atoms with Crippen molar-refractivity contribution in [3.05, 3.63) is 16.1 Å². The van der Waals surface area contributed by atoms with Gasteiger partial charge >= 0.3 is 0 Å². The Balaban J connectivity index is 1.90. The molecule has 0 saturated carbocycles. The number of rotatable bonds is 3. The summed E-state index contributed by atoms with van der Waals surface area (Å²) in [6.07, 6.45) is 2.43. The second-order valence-corrected chi connectivity index (χ2v) is 6.61. The van der Waals surface area contributed by atoms with Crippen LogP contribution in [0.5, 0.6) is 0 Å². The highest BCUT2D eigenvalue weighted by atomic mass is 32.1. The molecular weight excluding hydrogens is 256 g/mol. The second kappa shape index (κ2) is 6.37. The van der Waals surface area contributed by atoms with Crippen molar-refractivity contribution in [3.8, 4) is 0 Å². The van der Waals surface area contributed by atoms with Crippen LogP contribution in [0.1, 0.15) is 50.2 Å². The number of hydrogen-bond acceptors (Lipinski definition) is 3. The van der Waals surface area contributed by atoms with Crippen LogP contribution in [0.3, 0.4) is 0 Å². The zero-order valence-electron chi connectivity index (χ0n) is 12.1. The SMILES string of the molecule is CC1CCN(C(N)=NCc2nc(C(C)C)cs2)CC1. The third-order valence-electron chi connectivity index (χ3n) is 3.64. The molecule has 106 valence electrons. The molecule has 2 N–H and O–H groups in total. The molecule has 2 rings (SSSR count). The Hall–Kier alpha value is -1.10. The summed E-state index contributed by atoms with van der Waals surface area (Å²) < 4.78 is 0. The molecule has 0 unspecified atom stereocenters. The standard InChI is InChI=1S/C14H24N4S/c1-10(2)12-9-19-13(17-12)8-16-14(15)18-6-4-11(3)5-7-18/h9-11H,4-8H2,1-3H3,(H2,15,16). The average Bonchev–Trinajstić information content (AvgIpc) is 2.86. The van der Waals surface area contributed by atoms with E-state index >= 15 is 0 Å². The van der Waals surface area contributed by atoms with E-state index in [1.165, 1.54) is 12.8 Å². The predicted octanol–water partition coefficient (Wildman–Crippen LogP) is 2.81. The van der Waals surface area contributed by atoms with Gasteiger partial charge in [-0.3, -0.25) is 0 Å². The molecule has 1 saturated heterocycles. The van der Waals surface area contributed by atoms with Crippen LogP contribution in [0, 0.1) is 5.92 Å². The third-order valence-corrected chi connectivity index (χ3v) is 4.50. The minimum atomic E-state index is 0.481. The van der Waals surface area contributed by atoms with Gasteiger partial charge in [0.15, 0.2) is 5.96 Å². The molecule has 0 spiro atoms. The van der Waals surface area contributed by atoms with Crippen molar-refractivity contribution in [2.45, 2.75) is 46.1 Å². The van der Waals surface area contributed by atoms with Gasteiger partial charge in [0.2, 0.25) is 0 Å². The molecule has 0 aromatic carbocycles. The van der Waals surface area contributed by atoms with Gasteiger partial charge in [0.05, 0.1) is 12.2 Å². The average molecular weight is 280 g/mol. The Morgan fingerprint density at radius 3 is 2.79 bits per heavy atom. The topological polar surface area (TPSA) is 54.5 Å². The first kappa shape index (κ1) is 14.3. The summed E-state index contributed by atoms with van der Waals surface area (Å²) in [5.41, 5.74) is 7.21. The van der Waals surface area contributed by atoms with E-state index in [0.29, 0.717) is 18.4 Å². The van der Waals surface area contributed by atoms with Crippen LogP contribution < -0.4 is 5.73 Å². The fourth-order valence-corrected chi connectivity index (χ4v) is 3.03. The molecular formula is C14H24N4S. The normalized spacial score (nSPS) is 18.3. The first-order chi connectivity index (χ1) is 9.06. The number of aromatic nitrogens is 1. The van der Waals surface area contributed by atoms with E-state index in [1.54, 1.807) is 11.3 Å². The molecule has 1 aliphatic rings. The Morgan fingerprint density at radius 2 is 2.21 bits per heavy atom. The van der Waals surface area contributed by atoms with Crippen LogP contribution in [-0.4, -0.2) is 28.9 Å². The smallest absolute Gasteiger partial charge is 0.191 e. The van der Waals surface area contributed by atoms with Crippen molar-refractivity contribution in [2.75, 3.05) is 13.1 Å². The quantitative estimate of drug-likeness (QED) is 0.684. The maximum Gasteiger partial charge on any atom is 0.191 e. The summed E-state index contributed by atoms with van der Waals surface area (Å²) in [4.78, 5) is 11.3. The minimum absolute atomic E-state index is 0.481. The molecule has 2 heterocycles. The fraction of sp³-hybridized carbons (Fsp3) is 0.714. The lowest BCUT2D eigenvalue weighted by Gasteiger charge is -2.30. The summed E-state index contributed by atoms with van der Waals surface area (Å²) in [5.74, 6) is 1.97. The molecule has 19 heavy (non-hydrogen) atoms. The first-order valence-corrected chi connectivity index (χ1v) is 7.93. The summed E-state index contributed by atoms with van der Waals surface area (Å²) in [5, 5.41) is 3.17. The van der Waals surface area contributed by atoms with Crippen molar-refractivity contribution in [2.24, 2.45) is 16.6 Å². The number of guanidine groups is 1. The maximum atomic E-state index is 6.06. The van der Waals surface area contributed by atoms with Crippen molar-refractivity contribution < 1.29 is 0 Å². The van der Waals surface area contributed by atoms with Crippen molar-refractivity contribution in [1.29, 1.82) is 0 Å². The van der Waals surface area contributed by atoms with Crippen LogP contribution in [-0.2, 0) is 6.54 Å². The Kier molecular flexibility index (Phi) is 4.80. The Morgan fingerprint density at radius 1 is 1.53 bits per heavy atom. The van der Waals surface area contributed by atoms with Crippen molar-refractivity contribution in [1.82, 2.24) is 9.88 Å². The molecule has 0 bridgehead atoms. The molecule has 1 aromatic rings. The highest BCUT2D eigenvalue weighted by molar-refractivity contribution is 7.09. The largest absolute Gasteiger partial charge is 0.370 e. The number of nitrogens with zero attached hydrogens (tertiary/aromatic N) is 3. The van der Waals surface area contributed by atoms with Crippen LogP contribution in [0.15, 0.2) is 10.4 Å². The predicted molar refractivity (Wildman–Crippen MR) is 81.5 cm³/mol. The van der Waals surface area contributed by atoms with Gasteiger partial charge in [-0.25, -0.2) is 9.98 Å². The summed E-state index contributed by atoms with van der Waals surface area (Å²) in [6, 6.07) is 0. The molecule has 1 aromatic heterocycles. The monoisotopic (exact) mass is 280 g/mol. The number of nitrogens with two attached hydrogens (primary N) is 1. The lowest BCUT2D eigenvalue weighted by atomic mass is 10.00. The van der Waals surface area contributed by atoms with E-state index < -0.39 is 0 Å². The van der Waals surface area contributed by atoms with Crippen LogP contribution in [0.2, 0.25) is 0 Å². The van der Waals surface area contributed by atoms with Gasteiger partial charge < -0.3 is 10.6 Å². The molecule has 1 fully saturated rings. The van der Waals surface area contributed by atoms with Crippen LogP contribution >= 0.6 is 11.3 Å². The minimum Gasteiger partial charge on any atom is -0.370 e. The summed E-state index contributed by atoms with van der Waals surface area (Å²) in [6.45, 7) is 9.29. The Labute approximate surface area is 119 Å². The molecule has 5 heteroatoms. The second-order valence-electron chi connectivity index (χ2n) is 5.66. The number of aliphatic imine (C=N–C) groups is 1. The molecule has 1 aliphatic heterocycles. The van der Waals surface area contributed by atoms with E-state index in [0.717, 1.165) is 29.7 Å². The maximum absolute atomic E-state index is 6.06. The molecule has 0 amide bonds. The summed E-state index contributed by atoms with van der Waals surface area (Å²) in [7, 11) is 0. The van der Waals surface area contributed by atoms with Crippen LogP contribution in [0.4, 0.5) is 0 Å². The molecule has 0 atom stereocenters. The summed E-state index contributed by atoms with van der Waals surface area (Å²) >= 11 is 1.67. The highest BCUT2D eigenvalue weighted by Gasteiger charge is 2.17. The van der Waals surface area contributed by atoms with E-state index in [1.807, 2.05) is 0 Å². The number of thiazole rings is 1. The Bertz CT molecular complexity index is 430. The number of hydrogen-bond donors (Lipinski definition) is 1. The van der Waals surface area contributed by atoms with Crippen LogP contribution in [0.25, 0.3) is 0 Å². The molecule has 0 radical (unpaired) electrons. The van der Waals surface area contributed by atoms with Gasteiger partial charge in [-0.15, -0.1) is 11.3 Å². The van der Waals surface area contributed by atoms with Gasteiger partial charge in [0, 0.05) is 18.5 Å². The van der Waals surface area contributed by atoms with E-state index in [-0.39, 0.29) is 0 Å². The van der Waals surface area contributed by atoms with Gasteiger partial charge in [-0.05, 0) is 24.7 Å². The van der Waals surface area contributed by atoms with Gasteiger partial charge in [-0.2, -0.15) is 0 Å². The van der Waals surface area contributed by atoms with E-state index in [9.17, 15) is 0 Å². The van der Waals surface area contributed by atoms with Gasteiger partial charge in [0.1, 0.15) is 5.01 Å². The van der Waals surface area contributed by atoms with E-state index in [2.05, 4.69) is 41.0 Å². The molecule has 4 nitrogen and oxygen atoms in total. The third kappa shape index (κ3) is 3.93. The zero-order chi connectivity index (χ0) is 13.8. The fourth-order valence-electron chi connectivity index (χ4n) is 2.15. The lowest BCUT2D eigenvalue weighted by molar-refractivity contribution is 0.277. The van der Waals surface area contributed by atoms with Crippen molar-refractivity contribution >= 4 is 17.3 Å². The molecule has 0 aliphatic carbocycles. The van der Waals surface area contributed by atoms with Gasteiger partial charge in [0.25, 0.3) is 0 Å². The lowest BCUT2D eigenvalue weighted by Crippen LogP contribution is -2.42. The highest BCUT2D eigenvalue weighted by Crippen LogP contribution is 2.19. The van der Waals surface area contributed by atoms with E-state index in [4.69, 9.17) is 5.73 Å². The van der Waals surface area contributed by atoms with Gasteiger partial charge in [-0.1, -0.05) is 20.8 Å².